The molecule has 32 heavy (non-hydrogen) atoms. The van der Waals surface area contributed by atoms with Crippen molar-refractivity contribution in [3.63, 3.8) is 0 Å². The number of nitrogens with zero attached hydrogens (tertiary/aromatic N) is 1. The van der Waals surface area contributed by atoms with Gasteiger partial charge in [-0.15, -0.1) is 0 Å². The van der Waals surface area contributed by atoms with Gasteiger partial charge in [-0.3, -0.25) is 4.79 Å². The predicted molar refractivity (Wildman–Crippen MR) is 120 cm³/mol. The van der Waals surface area contributed by atoms with Gasteiger partial charge < -0.3 is 14.3 Å². The summed E-state index contributed by atoms with van der Waals surface area (Å²) in [6.07, 6.45) is 0.0557. The molecule has 3 atom stereocenters. The molecule has 0 spiro atoms. The molecular formula is C22H23ClN2O6S. The second-order valence-corrected chi connectivity index (χ2v) is 10.0. The second-order valence-electron chi connectivity index (χ2n) is 8.18. The normalized spacial score (nSPS) is 19.2. The molecule has 2 aromatic heterocycles. The zero-order chi connectivity index (χ0) is 23.4. The van der Waals surface area contributed by atoms with E-state index in [9.17, 15) is 18.3 Å². The van der Waals surface area contributed by atoms with Gasteiger partial charge in [0.2, 0.25) is 5.03 Å². The lowest BCUT2D eigenvalue weighted by atomic mass is 10.0. The number of rotatable bonds is 6. The molecule has 8 nitrogen and oxygen atoms in total. The summed E-state index contributed by atoms with van der Waals surface area (Å²) in [4.78, 5) is 16.9. The first-order valence-corrected chi connectivity index (χ1v) is 12.0. The van der Waals surface area contributed by atoms with Crippen LogP contribution in [-0.2, 0) is 10.0 Å². The van der Waals surface area contributed by atoms with Gasteiger partial charge in [-0.2, -0.15) is 0 Å². The fraction of sp³-hybridized carbons (Fsp3) is 0.364. The van der Waals surface area contributed by atoms with Crippen molar-refractivity contribution in [1.82, 2.24) is 4.98 Å². The van der Waals surface area contributed by atoms with Gasteiger partial charge >= 0.3 is 0 Å². The molecule has 1 fully saturated rings. The number of benzene rings is 1. The Bertz CT molecular complexity index is 1390. The van der Waals surface area contributed by atoms with Crippen molar-refractivity contribution in [1.29, 1.82) is 0 Å². The lowest BCUT2D eigenvalue weighted by Crippen LogP contribution is -2.17. The summed E-state index contributed by atoms with van der Waals surface area (Å²) in [7, 11) is -4.18. The first kappa shape index (κ1) is 22.7. The van der Waals surface area contributed by atoms with Gasteiger partial charge in [-0.05, 0) is 62.9 Å². The minimum absolute atomic E-state index is 0.00284. The first-order valence-electron chi connectivity index (χ1n) is 10.1. The molecule has 3 N–H and O–H groups in total. The number of fused-ring (bicyclic) bond motifs is 1. The van der Waals surface area contributed by atoms with E-state index in [-0.39, 0.29) is 34.8 Å². The average molecular weight is 479 g/mol. The number of primary sulfonamides is 1. The number of halogens is 1. The fourth-order valence-corrected chi connectivity index (χ4v) is 4.78. The lowest BCUT2D eigenvalue weighted by molar-refractivity contribution is 0.218. The van der Waals surface area contributed by atoms with Gasteiger partial charge in [0.15, 0.2) is 11.2 Å². The Balaban J connectivity index is 1.84. The highest BCUT2D eigenvalue weighted by Gasteiger charge is 2.41. The van der Waals surface area contributed by atoms with Crippen molar-refractivity contribution in [3.8, 4) is 5.75 Å². The zero-order valence-corrected chi connectivity index (χ0v) is 19.3. The van der Waals surface area contributed by atoms with Crippen LogP contribution in [0.4, 0.5) is 0 Å². The van der Waals surface area contributed by atoms with Gasteiger partial charge in [-0.1, -0.05) is 11.6 Å². The SMILES string of the molecule is Cc1cc([C@@H](C)Oc2ccc(Cl)nc2S(N)(=O)=O)c2oc(C3CC3CO)c(C)c(=O)c2c1. The summed E-state index contributed by atoms with van der Waals surface area (Å²) in [5.41, 5.74) is 2.16. The van der Waals surface area contributed by atoms with Crippen molar-refractivity contribution >= 4 is 32.6 Å². The molecule has 2 heterocycles. The van der Waals surface area contributed by atoms with Crippen molar-refractivity contribution < 1.29 is 22.7 Å². The number of aryl methyl sites for hydroxylation is 1. The topological polar surface area (TPSA) is 133 Å². The van der Waals surface area contributed by atoms with Crippen LogP contribution in [0.3, 0.4) is 0 Å². The summed E-state index contributed by atoms with van der Waals surface area (Å²) in [5.74, 6) is 0.583. The van der Waals surface area contributed by atoms with Crippen LogP contribution in [0.25, 0.3) is 11.0 Å². The molecular weight excluding hydrogens is 456 g/mol. The Kier molecular flexibility index (Phi) is 5.79. The number of sulfonamides is 1. The third kappa shape index (κ3) is 4.13. The smallest absolute Gasteiger partial charge is 0.259 e. The third-order valence-corrected chi connectivity index (χ3v) is 6.77. The Morgan fingerprint density at radius 2 is 2.06 bits per heavy atom. The minimum atomic E-state index is -4.18. The maximum Gasteiger partial charge on any atom is 0.259 e. The maximum atomic E-state index is 13.1. The summed E-state index contributed by atoms with van der Waals surface area (Å²) in [6, 6.07) is 6.36. The number of aliphatic hydroxyl groups excluding tert-OH is 1. The van der Waals surface area contributed by atoms with Crippen LogP contribution in [0.1, 0.15) is 47.8 Å². The molecule has 0 aliphatic heterocycles. The molecule has 0 amide bonds. The average Bonchev–Trinajstić information content (AvgIpc) is 3.50. The van der Waals surface area contributed by atoms with E-state index >= 15 is 0 Å². The molecule has 1 aliphatic rings. The van der Waals surface area contributed by atoms with Gasteiger partial charge in [-0.25, -0.2) is 18.5 Å². The van der Waals surface area contributed by atoms with E-state index in [1.165, 1.54) is 12.1 Å². The summed E-state index contributed by atoms with van der Waals surface area (Å²) < 4.78 is 36.1. The van der Waals surface area contributed by atoms with Crippen LogP contribution < -0.4 is 15.3 Å². The van der Waals surface area contributed by atoms with E-state index in [1.54, 1.807) is 19.9 Å². The molecule has 2 unspecified atom stereocenters. The fourth-order valence-electron chi connectivity index (χ4n) is 3.96. The number of pyridine rings is 1. The van der Waals surface area contributed by atoms with E-state index in [1.807, 2.05) is 13.0 Å². The quantitative estimate of drug-likeness (QED) is 0.519. The monoisotopic (exact) mass is 478 g/mol. The highest BCUT2D eigenvalue weighted by molar-refractivity contribution is 7.89. The standard InChI is InChI=1S/C22H23ClN2O6S/c1-10-6-14(12(3)30-17-4-5-18(23)25-22(17)32(24,28)29)21-16(7-10)19(27)11(2)20(31-21)15-8-13(15)9-26/h4-7,12-13,15,26H,8-9H2,1-3H3,(H2,24,28,29)/t12-,13?,15?/m1/s1. The van der Waals surface area contributed by atoms with Crippen molar-refractivity contribution in [2.75, 3.05) is 6.61 Å². The summed E-state index contributed by atoms with van der Waals surface area (Å²) in [6.45, 7) is 5.32. The largest absolute Gasteiger partial charge is 0.483 e. The highest BCUT2D eigenvalue weighted by Crippen LogP contribution is 2.48. The van der Waals surface area contributed by atoms with Gasteiger partial charge in [0.25, 0.3) is 10.0 Å². The maximum absolute atomic E-state index is 13.1. The summed E-state index contributed by atoms with van der Waals surface area (Å²) in [5, 5.41) is 14.6. The van der Waals surface area contributed by atoms with E-state index in [2.05, 4.69) is 4.98 Å². The molecule has 0 saturated heterocycles. The molecule has 1 aliphatic carbocycles. The van der Waals surface area contributed by atoms with Crippen molar-refractivity contribution in [3.05, 3.63) is 62.1 Å². The van der Waals surface area contributed by atoms with E-state index in [4.69, 9.17) is 25.9 Å². The molecule has 170 valence electrons. The highest BCUT2D eigenvalue weighted by atomic mass is 35.5. The summed E-state index contributed by atoms with van der Waals surface area (Å²) >= 11 is 5.83. The first-order chi connectivity index (χ1) is 15.0. The Morgan fingerprint density at radius 3 is 2.69 bits per heavy atom. The lowest BCUT2D eigenvalue weighted by Gasteiger charge is -2.19. The van der Waals surface area contributed by atoms with Crippen LogP contribution in [-0.4, -0.2) is 25.1 Å². The minimum Gasteiger partial charge on any atom is -0.483 e. The number of hydrogen-bond acceptors (Lipinski definition) is 7. The predicted octanol–water partition coefficient (Wildman–Crippen LogP) is 3.34. The van der Waals surface area contributed by atoms with Crippen LogP contribution in [0.2, 0.25) is 5.15 Å². The van der Waals surface area contributed by atoms with E-state index in [0.717, 1.165) is 12.0 Å². The molecule has 1 aromatic carbocycles. The third-order valence-electron chi connectivity index (χ3n) is 5.73. The number of nitrogens with two attached hydrogens (primary N) is 1. The Hall–Kier alpha value is -2.46. The van der Waals surface area contributed by atoms with Crippen LogP contribution >= 0.6 is 11.6 Å². The molecule has 3 aromatic rings. The number of hydrogen-bond donors (Lipinski definition) is 2. The van der Waals surface area contributed by atoms with Crippen LogP contribution in [0.15, 0.2) is 38.5 Å². The Labute approximate surface area is 190 Å². The van der Waals surface area contributed by atoms with Crippen LogP contribution in [0, 0.1) is 19.8 Å². The van der Waals surface area contributed by atoms with E-state index < -0.39 is 21.2 Å². The Morgan fingerprint density at radius 1 is 1.34 bits per heavy atom. The van der Waals surface area contributed by atoms with E-state index in [0.29, 0.717) is 27.9 Å². The second kappa shape index (κ2) is 8.15. The molecule has 4 rings (SSSR count). The zero-order valence-electron chi connectivity index (χ0n) is 17.8. The molecule has 0 bridgehead atoms. The van der Waals surface area contributed by atoms with Crippen molar-refractivity contribution in [2.24, 2.45) is 11.1 Å². The van der Waals surface area contributed by atoms with Crippen molar-refractivity contribution in [2.45, 2.75) is 44.2 Å². The van der Waals surface area contributed by atoms with Crippen LogP contribution in [0.5, 0.6) is 5.75 Å². The number of ether oxygens (including phenoxy) is 1. The van der Waals surface area contributed by atoms with Gasteiger partial charge in [0.1, 0.15) is 22.6 Å². The number of aromatic nitrogens is 1. The molecule has 1 saturated carbocycles. The molecule has 10 heteroatoms. The molecule has 0 radical (unpaired) electrons. The van der Waals surface area contributed by atoms with Gasteiger partial charge in [0, 0.05) is 23.7 Å². The number of aliphatic hydroxyl groups is 1. The van der Waals surface area contributed by atoms with Gasteiger partial charge in [0.05, 0.1) is 5.39 Å².